The second-order valence-electron chi connectivity index (χ2n) is 5.63. The minimum atomic E-state index is -0.257. The van der Waals surface area contributed by atoms with Gasteiger partial charge < -0.3 is 9.47 Å². The SMILES string of the molecule is CC(=O)O[C@H]1CC[C@H]2OC(=O)[C@@H]3C=C[C@H](C)[C@H]2[C@H]13. The first kappa shape index (κ1) is 11.8. The fraction of sp³-hybridized carbons (Fsp3) is 0.714. The first-order chi connectivity index (χ1) is 8.58. The summed E-state index contributed by atoms with van der Waals surface area (Å²) in [5.41, 5.74) is 0. The van der Waals surface area contributed by atoms with E-state index in [1.165, 1.54) is 6.92 Å². The van der Waals surface area contributed by atoms with Crippen molar-refractivity contribution < 1.29 is 19.1 Å². The molecule has 0 N–H and O–H groups in total. The zero-order valence-corrected chi connectivity index (χ0v) is 10.7. The average molecular weight is 250 g/mol. The first-order valence-electron chi connectivity index (χ1n) is 6.64. The van der Waals surface area contributed by atoms with E-state index >= 15 is 0 Å². The van der Waals surface area contributed by atoms with Crippen molar-refractivity contribution >= 4 is 11.9 Å². The smallest absolute Gasteiger partial charge is 0.313 e. The summed E-state index contributed by atoms with van der Waals surface area (Å²) in [4.78, 5) is 23.1. The van der Waals surface area contributed by atoms with Crippen LogP contribution in [-0.2, 0) is 19.1 Å². The number of rotatable bonds is 1. The number of carbonyl (C=O) groups excluding carboxylic acids is 2. The fourth-order valence-corrected chi connectivity index (χ4v) is 3.87. The highest BCUT2D eigenvalue weighted by Crippen LogP contribution is 2.49. The van der Waals surface area contributed by atoms with E-state index in [4.69, 9.17) is 9.47 Å². The van der Waals surface area contributed by atoms with Crippen LogP contribution in [0.4, 0.5) is 0 Å². The number of carbonyl (C=O) groups is 2. The molecule has 0 aromatic carbocycles. The summed E-state index contributed by atoms with van der Waals surface area (Å²) in [7, 11) is 0. The van der Waals surface area contributed by atoms with E-state index in [9.17, 15) is 9.59 Å². The van der Waals surface area contributed by atoms with Crippen LogP contribution in [0.15, 0.2) is 12.2 Å². The van der Waals surface area contributed by atoms with Crippen LogP contribution in [0.2, 0.25) is 0 Å². The summed E-state index contributed by atoms with van der Waals surface area (Å²) in [6.07, 6.45) is 5.52. The van der Waals surface area contributed by atoms with Gasteiger partial charge >= 0.3 is 11.9 Å². The average Bonchev–Trinajstić information content (AvgIpc) is 2.30. The quantitative estimate of drug-likeness (QED) is 0.525. The lowest BCUT2D eigenvalue weighted by Crippen LogP contribution is -2.57. The van der Waals surface area contributed by atoms with Crippen molar-refractivity contribution in [1.82, 2.24) is 0 Å². The van der Waals surface area contributed by atoms with Crippen LogP contribution in [0, 0.1) is 23.7 Å². The van der Waals surface area contributed by atoms with E-state index in [0.29, 0.717) is 11.8 Å². The molecule has 4 nitrogen and oxygen atoms in total. The maximum Gasteiger partial charge on any atom is 0.313 e. The molecule has 4 heteroatoms. The lowest BCUT2D eigenvalue weighted by atomic mass is 9.60. The van der Waals surface area contributed by atoms with Gasteiger partial charge in [0.1, 0.15) is 12.2 Å². The Balaban J connectivity index is 1.94. The van der Waals surface area contributed by atoms with Crippen molar-refractivity contribution in [2.45, 2.75) is 38.9 Å². The molecule has 0 unspecified atom stereocenters. The highest BCUT2D eigenvalue weighted by molar-refractivity contribution is 5.77. The summed E-state index contributed by atoms with van der Waals surface area (Å²) in [6, 6.07) is 0. The van der Waals surface area contributed by atoms with Gasteiger partial charge in [-0.1, -0.05) is 19.1 Å². The number of hydrogen-bond donors (Lipinski definition) is 0. The van der Waals surface area contributed by atoms with Crippen LogP contribution in [0.3, 0.4) is 0 Å². The maximum atomic E-state index is 11.9. The molecule has 3 rings (SSSR count). The van der Waals surface area contributed by atoms with Crippen LogP contribution >= 0.6 is 0 Å². The first-order valence-corrected chi connectivity index (χ1v) is 6.64. The minimum Gasteiger partial charge on any atom is -0.462 e. The number of esters is 2. The summed E-state index contributed by atoms with van der Waals surface area (Å²) < 4.78 is 10.9. The van der Waals surface area contributed by atoms with Crippen molar-refractivity contribution in [3.63, 3.8) is 0 Å². The molecular formula is C14H18O4. The molecule has 2 aliphatic carbocycles. The molecular weight excluding hydrogens is 232 g/mol. The Kier molecular flexibility index (Phi) is 2.68. The minimum absolute atomic E-state index is 0.00510. The van der Waals surface area contributed by atoms with E-state index in [-0.39, 0.29) is 36.0 Å². The van der Waals surface area contributed by atoms with Crippen LogP contribution in [-0.4, -0.2) is 24.1 Å². The third-order valence-corrected chi connectivity index (χ3v) is 4.54. The second kappa shape index (κ2) is 4.11. The van der Waals surface area contributed by atoms with Crippen LogP contribution < -0.4 is 0 Å². The van der Waals surface area contributed by atoms with Crippen molar-refractivity contribution in [2.24, 2.45) is 23.7 Å². The fourth-order valence-electron chi connectivity index (χ4n) is 3.87. The van der Waals surface area contributed by atoms with Gasteiger partial charge in [0.15, 0.2) is 0 Å². The molecule has 0 amide bonds. The summed E-state index contributed by atoms with van der Waals surface area (Å²) >= 11 is 0. The van der Waals surface area contributed by atoms with Crippen molar-refractivity contribution in [1.29, 1.82) is 0 Å². The molecule has 1 saturated heterocycles. The highest BCUT2D eigenvalue weighted by Gasteiger charge is 2.55. The Morgan fingerprint density at radius 3 is 2.83 bits per heavy atom. The molecule has 1 aliphatic heterocycles. The number of ether oxygens (including phenoxy) is 2. The molecule has 98 valence electrons. The van der Waals surface area contributed by atoms with Gasteiger partial charge in [-0.25, -0.2) is 0 Å². The standard InChI is InChI=1S/C14H18O4/c1-7-3-4-9-13-11(17-8(2)15)6-5-10(12(7)13)18-14(9)16/h3-4,7,9-13H,5-6H2,1-2H3/t7-,9+,10+,11-,12+,13-/m0/s1. The third-order valence-electron chi connectivity index (χ3n) is 4.54. The highest BCUT2D eigenvalue weighted by atomic mass is 16.6. The topological polar surface area (TPSA) is 52.6 Å². The van der Waals surface area contributed by atoms with Crippen molar-refractivity contribution in [2.75, 3.05) is 0 Å². The van der Waals surface area contributed by atoms with Gasteiger partial charge in [0.25, 0.3) is 0 Å². The molecule has 0 radical (unpaired) electrons. The zero-order chi connectivity index (χ0) is 12.9. The Bertz CT molecular complexity index is 414. The van der Waals surface area contributed by atoms with Gasteiger partial charge in [0.2, 0.25) is 0 Å². The molecule has 6 atom stereocenters. The van der Waals surface area contributed by atoms with Gasteiger partial charge in [-0.3, -0.25) is 9.59 Å². The molecule has 0 spiro atoms. The Hall–Kier alpha value is -1.32. The predicted octanol–water partition coefficient (Wildman–Crippen LogP) is 1.69. The van der Waals surface area contributed by atoms with E-state index in [2.05, 4.69) is 13.0 Å². The molecule has 3 aliphatic rings. The Morgan fingerprint density at radius 2 is 2.11 bits per heavy atom. The van der Waals surface area contributed by atoms with E-state index in [1.807, 2.05) is 6.08 Å². The van der Waals surface area contributed by atoms with Gasteiger partial charge in [0, 0.05) is 18.8 Å². The summed E-state index contributed by atoms with van der Waals surface area (Å²) in [5, 5.41) is 0. The normalized spacial score (nSPS) is 45.3. The molecule has 18 heavy (non-hydrogen) atoms. The van der Waals surface area contributed by atoms with E-state index < -0.39 is 0 Å². The van der Waals surface area contributed by atoms with Gasteiger partial charge in [-0.15, -0.1) is 0 Å². The lowest BCUT2D eigenvalue weighted by molar-refractivity contribution is -0.197. The molecule has 1 saturated carbocycles. The molecule has 1 heterocycles. The Labute approximate surface area is 106 Å². The van der Waals surface area contributed by atoms with Gasteiger partial charge in [-0.05, 0) is 18.8 Å². The largest absolute Gasteiger partial charge is 0.462 e. The summed E-state index contributed by atoms with van der Waals surface area (Å²) in [6.45, 7) is 3.58. The lowest BCUT2D eigenvalue weighted by Gasteiger charge is -2.51. The summed E-state index contributed by atoms with van der Waals surface area (Å²) in [5.74, 6) is 0.146. The molecule has 4 bridgehead atoms. The van der Waals surface area contributed by atoms with Crippen molar-refractivity contribution in [3.8, 4) is 0 Å². The molecule has 2 fully saturated rings. The van der Waals surface area contributed by atoms with E-state index in [0.717, 1.165) is 12.8 Å². The van der Waals surface area contributed by atoms with Crippen LogP contribution in [0.25, 0.3) is 0 Å². The van der Waals surface area contributed by atoms with Gasteiger partial charge in [-0.2, -0.15) is 0 Å². The molecule has 0 aromatic rings. The third kappa shape index (κ3) is 1.66. The van der Waals surface area contributed by atoms with Crippen LogP contribution in [0.1, 0.15) is 26.7 Å². The maximum absolute atomic E-state index is 11.9. The predicted molar refractivity (Wildman–Crippen MR) is 63.4 cm³/mol. The number of allylic oxidation sites excluding steroid dienone is 1. The second-order valence-corrected chi connectivity index (χ2v) is 5.63. The number of hydrogen-bond acceptors (Lipinski definition) is 4. The van der Waals surface area contributed by atoms with Gasteiger partial charge in [0.05, 0.1) is 5.92 Å². The zero-order valence-electron chi connectivity index (χ0n) is 10.7. The van der Waals surface area contributed by atoms with E-state index in [1.54, 1.807) is 0 Å². The van der Waals surface area contributed by atoms with Crippen molar-refractivity contribution in [3.05, 3.63) is 12.2 Å². The van der Waals surface area contributed by atoms with Crippen LogP contribution in [0.5, 0.6) is 0 Å². The molecule has 0 aromatic heterocycles. The Morgan fingerprint density at radius 1 is 1.33 bits per heavy atom. The monoisotopic (exact) mass is 250 g/mol.